The van der Waals surface area contributed by atoms with Crippen LogP contribution in [0.5, 0.6) is 0 Å². The average Bonchev–Trinajstić information content (AvgIpc) is 3.05. The van der Waals surface area contributed by atoms with Crippen LogP contribution in [-0.2, 0) is 12.6 Å². The molecule has 0 spiro atoms. The highest BCUT2D eigenvalue weighted by molar-refractivity contribution is 5.85. The van der Waals surface area contributed by atoms with Gasteiger partial charge in [-0.15, -0.1) is 0 Å². The summed E-state index contributed by atoms with van der Waals surface area (Å²) < 4.78 is 54.2. The minimum absolute atomic E-state index is 0.350. The van der Waals surface area contributed by atoms with Gasteiger partial charge in [-0.25, -0.2) is 14.4 Å². The molecule has 28 heavy (non-hydrogen) atoms. The summed E-state index contributed by atoms with van der Waals surface area (Å²) in [4.78, 5) is 14.4. The van der Waals surface area contributed by atoms with Crippen LogP contribution in [0.25, 0.3) is 17.0 Å². The molecular formula is C19H15F4N5. The molecule has 0 saturated carbocycles. The van der Waals surface area contributed by atoms with E-state index in [1.165, 1.54) is 18.2 Å². The van der Waals surface area contributed by atoms with Crippen LogP contribution in [0.15, 0.2) is 47.7 Å². The smallest absolute Gasteiger partial charge is 0.321 e. The van der Waals surface area contributed by atoms with Gasteiger partial charge in [-0.05, 0) is 24.3 Å². The van der Waals surface area contributed by atoms with Crippen molar-refractivity contribution in [3.8, 4) is 0 Å². The second-order valence-electron chi connectivity index (χ2n) is 6.19. The largest absolute Gasteiger partial charge is 0.416 e. The number of nitrogens with zero attached hydrogens (tertiary/aromatic N) is 5. The lowest BCUT2D eigenvalue weighted by atomic mass is 10.2. The molecule has 1 aliphatic heterocycles. The first-order chi connectivity index (χ1) is 13.4. The average molecular weight is 389 g/mol. The normalized spacial score (nSPS) is 14.6. The molecule has 144 valence electrons. The third-order valence-corrected chi connectivity index (χ3v) is 4.44. The van der Waals surface area contributed by atoms with Crippen LogP contribution in [0, 0.1) is 5.82 Å². The number of benzene rings is 1. The second-order valence-corrected chi connectivity index (χ2v) is 6.19. The van der Waals surface area contributed by atoms with Gasteiger partial charge >= 0.3 is 6.18 Å². The molecule has 4 rings (SSSR count). The van der Waals surface area contributed by atoms with E-state index in [-0.39, 0.29) is 0 Å². The molecule has 9 heteroatoms. The first-order valence-corrected chi connectivity index (χ1v) is 8.58. The Morgan fingerprint density at radius 2 is 1.89 bits per heavy atom. The number of rotatable bonds is 3. The van der Waals surface area contributed by atoms with E-state index in [1.54, 1.807) is 21.9 Å². The van der Waals surface area contributed by atoms with Crippen LogP contribution < -0.4 is 4.90 Å². The summed E-state index contributed by atoms with van der Waals surface area (Å²) in [5, 5.41) is 0. The van der Waals surface area contributed by atoms with Gasteiger partial charge in [0.1, 0.15) is 17.5 Å². The van der Waals surface area contributed by atoms with Crippen LogP contribution in [0.2, 0.25) is 0 Å². The summed E-state index contributed by atoms with van der Waals surface area (Å²) in [5.41, 5.74) is 0.693. The lowest BCUT2D eigenvalue weighted by Crippen LogP contribution is -2.29. The van der Waals surface area contributed by atoms with Crippen molar-refractivity contribution in [2.75, 3.05) is 11.4 Å². The number of hydrogen-bond acceptors (Lipinski definition) is 4. The van der Waals surface area contributed by atoms with Crippen molar-refractivity contribution < 1.29 is 17.6 Å². The van der Waals surface area contributed by atoms with Crippen LogP contribution in [0.3, 0.4) is 0 Å². The summed E-state index contributed by atoms with van der Waals surface area (Å²) in [6.45, 7) is 2.26. The van der Waals surface area contributed by atoms with Gasteiger partial charge in [0.05, 0.1) is 30.0 Å². The van der Waals surface area contributed by atoms with Crippen LogP contribution in [-0.4, -0.2) is 27.3 Å². The number of alkyl halides is 3. The second kappa shape index (κ2) is 6.74. The van der Waals surface area contributed by atoms with Crippen molar-refractivity contribution in [1.82, 2.24) is 14.5 Å². The van der Waals surface area contributed by atoms with Crippen molar-refractivity contribution >= 4 is 28.9 Å². The van der Waals surface area contributed by atoms with Gasteiger partial charge in [-0.1, -0.05) is 6.92 Å². The van der Waals surface area contributed by atoms with Gasteiger partial charge < -0.3 is 4.90 Å². The van der Waals surface area contributed by atoms with Crippen molar-refractivity contribution in [2.24, 2.45) is 4.99 Å². The van der Waals surface area contributed by atoms with E-state index in [9.17, 15) is 17.6 Å². The fraction of sp³-hybridized carbons (Fsp3) is 0.211. The molecule has 0 N–H and O–H groups in total. The van der Waals surface area contributed by atoms with Gasteiger partial charge in [-0.3, -0.25) is 9.56 Å². The number of halogens is 4. The van der Waals surface area contributed by atoms with Crippen LogP contribution in [0.4, 0.5) is 23.2 Å². The quantitative estimate of drug-likeness (QED) is 0.620. The van der Waals surface area contributed by atoms with Crippen molar-refractivity contribution in [3.63, 3.8) is 0 Å². The Morgan fingerprint density at radius 1 is 1.14 bits per heavy atom. The highest BCUT2D eigenvalue weighted by Crippen LogP contribution is 2.33. The number of imidazole rings is 1. The van der Waals surface area contributed by atoms with Crippen molar-refractivity contribution in [3.05, 3.63) is 59.9 Å². The summed E-state index contributed by atoms with van der Waals surface area (Å²) in [7, 11) is 0. The topological polar surface area (TPSA) is 46.3 Å². The zero-order valence-corrected chi connectivity index (χ0v) is 14.8. The molecule has 5 nitrogen and oxygen atoms in total. The van der Waals surface area contributed by atoms with Crippen molar-refractivity contribution in [1.29, 1.82) is 0 Å². The van der Waals surface area contributed by atoms with E-state index in [0.717, 1.165) is 18.3 Å². The zero-order valence-electron chi connectivity index (χ0n) is 14.8. The van der Waals surface area contributed by atoms with Gasteiger partial charge in [0.2, 0.25) is 0 Å². The molecule has 0 saturated heterocycles. The van der Waals surface area contributed by atoms with Crippen LogP contribution in [0.1, 0.15) is 18.3 Å². The Hall–Kier alpha value is -3.23. The summed E-state index contributed by atoms with van der Waals surface area (Å²) in [6, 6.07) is 6.21. The number of fused-ring (bicyclic) bond motifs is 1. The van der Waals surface area contributed by atoms with E-state index in [1.807, 2.05) is 6.92 Å². The minimum atomic E-state index is -4.40. The predicted molar refractivity (Wildman–Crippen MR) is 98.4 cm³/mol. The minimum Gasteiger partial charge on any atom is -0.321 e. The maximum absolute atomic E-state index is 13.8. The van der Waals surface area contributed by atoms with Gasteiger partial charge in [0, 0.05) is 24.4 Å². The molecule has 0 bridgehead atoms. The third kappa shape index (κ3) is 3.12. The molecule has 1 aliphatic rings. The highest BCUT2D eigenvalue weighted by Gasteiger charge is 2.30. The molecule has 3 heterocycles. The number of aromatic nitrogens is 3. The number of hydrogen-bond donors (Lipinski definition) is 0. The van der Waals surface area contributed by atoms with E-state index >= 15 is 0 Å². The maximum atomic E-state index is 13.8. The van der Waals surface area contributed by atoms with E-state index in [4.69, 9.17) is 0 Å². The Labute approximate surface area is 157 Å². The van der Waals surface area contributed by atoms with E-state index in [2.05, 4.69) is 15.0 Å². The van der Waals surface area contributed by atoms with Crippen molar-refractivity contribution in [2.45, 2.75) is 19.5 Å². The fourth-order valence-electron chi connectivity index (χ4n) is 3.13. The molecule has 1 aromatic carbocycles. The maximum Gasteiger partial charge on any atom is 0.416 e. The third-order valence-electron chi connectivity index (χ3n) is 4.44. The van der Waals surface area contributed by atoms with Gasteiger partial charge in [-0.2, -0.15) is 13.2 Å². The molecule has 0 amide bonds. The molecule has 0 unspecified atom stereocenters. The fourth-order valence-corrected chi connectivity index (χ4v) is 3.13. The SMILES string of the molecule is CCc1nc2ncc(F)cc2n1C1=CN=CCN1c1ccc(C(F)(F)F)cc1. The number of aryl methyl sites for hydroxylation is 1. The lowest BCUT2D eigenvalue weighted by Gasteiger charge is -2.29. The number of anilines is 1. The Balaban J connectivity index is 1.82. The predicted octanol–water partition coefficient (Wildman–Crippen LogP) is 4.50. The monoisotopic (exact) mass is 389 g/mol. The van der Waals surface area contributed by atoms with Crippen LogP contribution >= 0.6 is 0 Å². The van der Waals surface area contributed by atoms with Gasteiger partial charge in [0.25, 0.3) is 0 Å². The Bertz CT molecular complexity index is 1080. The first-order valence-electron chi connectivity index (χ1n) is 8.58. The Kier molecular flexibility index (Phi) is 4.37. The summed E-state index contributed by atoms with van der Waals surface area (Å²) >= 11 is 0. The molecular weight excluding hydrogens is 374 g/mol. The summed E-state index contributed by atoms with van der Waals surface area (Å²) in [6.07, 6.45) is 0.469. The first kappa shape index (κ1) is 18.1. The summed E-state index contributed by atoms with van der Waals surface area (Å²) in [5.74, 6) is 0.708. The number of pyridine rings is 1. The molecule has 0 radical (unpaired) electrons. The lowest BCUT2D eigenvalue weighted by molar-refractivity contribution is -0.137. The molecule has 3 aromatic rings. The molecule has 0 atom stereocenters. The van der Waals surface area contributed by atoms with E-state index in [0.29, 0.717) is 41.5 Å². The molecule has 0 aliphatic carbocycles. The number of aliphatic imine (C=N–C) groups is 1. The standard InChI is InChI=1S/C19H15F4N5/c1-2-16-26-18-15(9-13(20)10-25-18)28(16)17-11-24-7-8-27(17)14-5-3-12(4-6-14)19(21,22)23/h3-7,9-11H,2,8H2,1H3. The Morgan fingerprint density at radius 3 is 2.57 bits per heavy atom. The highest BCUT2D eigenvalue weighted by atomic mass is 19.4. The molecule has 2 aromatic heterocycles. The zero-order chi connectivity index (χ0) is 19.9. The molecule has 0 fully saturated rings. The van der Waals surface area contributed by atoms with E-state index < -0.39 is 17.6 Å². The van der Waals surface area contributed by atoms with Gasteiger partial charge in [0.15, 0.2) is 5.65 Å².